The zero-order valence-corrected chi connectivity index (χ0v) is 15.5. The van der Waals surface area contributed by atoms with Crippen LogP contribution < -0.4 is 9.47 Å². The summed E-state index contributed by atoms with van der Waals surface area (Å²) in [5.41, 5.74) is 1.93. The van der Waals surface area contributed by atoms with Gasteiger partial charge in [0.05, 0.1) is 6.10 Å². The maximum Gasteiger partial charge on any atom is 0.573 e. The van der Waals surface area contributed by atoms with Crippen molar-refractivity contribution in [1.29, 1.82) is 0 Å². The zero-order chi connectivity index (χ0) is 19.4. The zero-order valence-electron chi connectivity index (χ0n) is 15.5. The van der Waals surface area contributed by atoms with E-state index in [9.17, 15) is 13.2 Å². The molecule has 6 heteroatoms. The van der Waals surface area contributed by atoms with E-state index < -0.39 is 6.36 Å². The van der Waals surface area contributed by atoms with Crippen LogP contribution in [0.15, 0.2) is 48.5 Å². The molecule has 0 bridgehead atoms. The van der Waals surface area contributed by atoms with Crippen LogP contribution in [0.1, 0.15) is 43.9 Å². The predicted octanol–water partition coefficient (Wildman–Crippen LogP) is 5.71. The van der Waals surface area contributed by atoms with Crippen molar-refractivity contribution in [1.82, 2.24) is 4.90 Å². The van der Waals surface area contributed by atoms with E-state index in [1.807, 2.05) is 32.0 Å². The van der Waals surface area contributed by atoms with Crippen molar-refractivity contribution in [3.8, 4) is 11.5 Å². The van der Waals surface area contributed by atoms with Crippen LogP contribution in [0.25, 0.3) is 0 Å². The Labute approximate surface area is 157 Å². The van der Waals surface area contributed by atoms with E-state index in [-0.39, 0.29) is 17.9 Å². The van der Waals surface area contributed by atoms with Crippen LogP contribution in [0.5, 0.6) is 11.5 Å². The molecule has 1 atom stereocenters. The molecule has 27 heavy (non-hydrogen) atoms. The van der Waals surface area contributed by atoms with Crippen LogP contribution >= 0.6 is 0 Å². The first-order valence-electron chi connectivity index (χ1n) is 9.16. The van der Waals surface area contributed by atoms with Crippen molar-refractivity contribution in [2.75, 3.05) is 6.54 Å². The van der Waals surface area contributed by atoms with E-state index in [1.54, 1.807) is 6.07 Å². The molecule has 1 heterocycles. The van der Waals surface area contributed by atoms with Crippen molar-refractivity contribution >= 4 is 0 Å². The predicted molar refractivity (Wildman–Crippen MR) is 97.7 cm³/mol. The first-order valence-corrected chi connectivity index (χ1v) is 9.16. The highest BCUT2D eigenvalue weighted by Crippen LogP contribution is 2.36. The summed E-state index contributed by atoms with van der Waals surface area (Å²) in [6.45, 7) is 5.20. The minimum atomic E-state index is -4.71. The quantitative estimate of drug-likeness (QED) is 0.642. The van der Waals surface area contributed by atoms with Gasteiger partial charge >= 0.3 is 6.36 Å². The molecular formula is C21H24F3NO2. The Morgan fingerprint density at radius 2 is 1.85 bits per heavy atom. The molecule has 146 valence electrons. The third-order valence-corrected chi connectivity index (χ3v) is 4.55. The van der Waals surface area contributed by atoms with Crippen LogP contribution in [0.2, 0.25) is 0 Å². The smallest absolute Gasteiger partial charge is 0.491 e. The number of alkyl halides is 3. The maximum atomic E-state index is 12.6. The first kappa shape index (κ1) is 19.5. The van der Waals surface area contributed by atoms with Gasteiger partial charge in [-0.15, -0.1) is 13.2 Å². The average Bonchev–Trinajstić information content (AvgIpc) is 3.04. The van der Waals surface area contributed by atoms with Crippen molar-refractivity contribution in [2.24, 2.45) is 0 Å². The van der Waals surface area contributed by atoms with Gasteiger partial charge < -0.3 is 9.47 Å². The van der Waals surface area contributed by atoms with Gasteiger partial charge in [-0.2, -0.15) is 0 Å². The van der Waals surface area contributed by atoms with Crippen LogP contribution in [0.4, 0.5) is 13.2 Å². The van der Waals surface area contributed by atoms with Gasteiger partial charge in [-0.05, 0) is 57.0 Å². The lowest BCUT2D eigenvalue weighted by molar-refractivity contribution is -0.274. The Kier molecular flexibility index (Phi) is 5.95. The molecule has 0 aromatic heterocycles. The van der Waals surface area contributed by atoms with E-state index in [0.717, 1.165) is 19.4 Å². The Balaban J connectivity index is 1.85. The summed E-state index contributed by atoms with van der Waals surface area (Å²) in [5, 5.41) is 0. The Hall–Kier alpha value is -2.21. The SMILES string of the molecule is CC(C)Oc1ccc(OC(F)(F)F)cc1CN1CCCC1c1ccccc1. The third-order valence-electron chi connectivity index (χ3n) is 4.55. The molecule has 0 saturated carbocycles. The van der Waals surface area contributed by atoms with E-state index in [1.165, 1.54) is 17.7 Å². The minimum Gasteiger partial charge on any atom is -0.491 e. The van der Waals surface area contributed by atoms with E-state index in [2.05, 4.69) is 21.8 Å². The van der Waals surface area contributed by atoms with Gasteiger partial charge in [-0.25, -0.2) is 0 Å². The number of benzene rings is 2. The average molecular weight is 379 g/mol. The number of hydrogen-bond donors (Lipinski definition) is 0. The summed E-state index contributed by atoms with van der Waals surface area (Å²) in [7, 11) is 0. The Bertz CT molecular complexity index is 747. The lowest BCUT2D eigenvalue weighted by Crippen LogP contribution is -2.24. The molecule has 1 aliphatic rings. The summed E-state index contributed by atoms with van der Waals surface area (Å²) in [4.78, 5) is 2.29. The highest BCUT2D eigenvalue weighted by molar-refractivity contribution is 5.41. The molecule has 3 rings (SSSR count). The molecule has 0 radical (unpaired) electrons. The standard InChI is InChI=1S/C21H24F3NO2/c1-15(2)26-20-11-10-18(27-21(22,23)24)13-17(20)14-25-12-6-9-19(25)16-7-4-3-5-8-16/h3-5,7-8,10-11,13,15,19H,6,9,12,14H2,1-2H3. The fraction of sp³-hybridized carbons (Fsp3) is 0.429. The molecule has 0 amide bonds. The fourth-order valence-corrected chi connectivity index (χ4v) is 3.53. The molecule has 1 saturated heterocycles. The van der Waals surface area contributed by atoms with Gasteiger partial charge in [0.2, 0.25) is 0 Å². The summed E-state index contributed by atoms with van der Waals surface area (Å²) < 4.78 is 47.7. The number of hydrogen-bond acceptors (Lipinski definition) is 3. The maximum absolute atomic E-state index is 12.6. The number of nitrogens with zero attached hydrogens (tertiary/aromatic N) is 1. The van der Waals surface area contributed by atoms with Gasteiger partial charge in [-0.1, -0.05) is 30.3 Å². The topological polar surface area (TPSA) is 21.7 Å². The Morgan fingerprint density at radius 3 is 2.52 bits per heavy atom. The van der Waals surface area contributed by atoms with E-state index >= 15 is 0 Å². The second-order valence-corrected chi connectivity index (χ2v) is 7.02. The summed E-state index contributed by atoms with van der Waals surface area (Å²) in [5.74, 6) is 0.377. The van der Waals surface area contributed by atoms with Crippen LogP contribution in [-0.2, 0) is 6.54 Å². The molecule has 2 aromatic rings. The number of ether oxygens (including phenoxy) is 2. The van der Waals surface area contributed by atoms with Crippen molar-refractivity contribution < 1.29 is 22.6 Å². The van der Waals surface area contributed by atoms with Crippen molar-refractivity contribution in [2.45, 2.75) is 51.7 Å². The molecule has 1 unspecified atom stereocenters. The monoisotopic (exact) mass is 379 g/mol. The van der Waals surface area contributed by atoms with Crippen LogP contribution in [-0.4, -0.2) is 23.9 Å². The molecule has 2 aromatic carbocycles. The summed E-state index contributed by atoms with van der Waals surface area (Å²) in [6.07, 6.45) is -2.69. The molecular weight excluding hydrogens is 355 g/mol. The second-order valence-electron chi connectivity index (χ2n) is 7.02. The van der Waals surface area contributed by atoms with E-state index in [4.69, 9.17) is 4.74 Å². The first-order chi connectivity index (χ1) is 12.8. The fourth-order valence-electron chi connectivity index (χ4n) is 3.53. The number of halogens is 3. The van der Waals surface area contributed by atoms with Gasteiger partial charge in [0.15, 0.2) is 0 Å². The van der Waals surface area contributed by atoms with Gasteiger partial charge in [0.1, 0.15) is 11.5 Å². The molecule has 0 N–H and O–H groups in total. The lowest BCUT2D eigenvalue weighted by Gasteiger charge is -2.26. The molecule has 0 spiro atoms. The largest absolute Gasteiger partial charge is 0.573 e. The highest BCUT2D eigenvalue weighted by Gasteiger charge is 2.32. The molecule has 1 aliphatic heterocycles. The van der Waals surface area contributed by atoms with Gasteiger partial charge in [-0.3, -0.25) is 4.90 Å². The number of rotatable bonds is 6. The highest BCUT2D eigenvalue weighted by atomic mass is 19.4. The van der Waals surface area contributed by atoms with Gasteiger partial charge in [0.25, 0.3) is 0 Å². The molecule has 0 aliphatic carbocycles. The summed E-state index contributed by atoms with van der Waals surface area (Å²) >= 11 is 0. The van der Waals surface area contributed by atoms with E-state index in [0.29, 0.717) is 17.9 Å². The van der Waals surface area contributed by atoms with Gasteiger partial charge in [0, 0.05) is 18.2 Å². The third kappa shape index (κ3) is 5.39. The molecule has 3 nitrogen and oxygen atoms in total. The van der Waals surface area contributed by atoms with Crippen molar-refractivity contribution in [3.63, 3.8) is 0 Å². The minimum absolute atomic E-state index is 0.0679. The molecule has 1 fully saturated rings. The number of likely N-dealkylation sites (tertiary alicyclic amines) is 1. The van der Waals surface area contributed by atoms with Crippen LogP contribution in [0.3, 0.4) is 0 Å². The van der Waals surface area contributed by atoms with Crippen LogP contribution in [0, 0.1) is 0 Å². The second kappa shape index (κ2) is 8.21. The van der Waals surface area contributed by atoms with Crippen molar-refractivity contribution in [3.05, 3.63) is 59.7 Å². The lowest BCUT2D eigenvalue weighted by atomic mass is 10.0. The Morgan fingerprint density at radius 1 is 1.11 bits per heavy atom. The normalized spacial score (nSPS) is 18.1. The summed E-state index contributed by atoms with van der Waals surface area (Å²) in [6, 6.07) is 14.7.